The Hall–Kier alpha value is -0.800. The standard InChI is InChI=1S/C12H18O6S2/c1-4-10-6-5-7-11(9(2)3)12(10)16-20(14,15)8-19-18-17-13/h5-7,9,13H,4,8H2,1-3H3. The Morgan fingerprint density at radius 1 is 1.35 bits per heavy atom. The van der Waals surface area contributed by atoms with Crippen molar-refractivity contribution in [3.63, 3.8) is 0 Å². The number of para-hydroxylation sites is 1. The molecule has 0 amide bonds. The maximum Gasteiger partial charge on any atom is 0.321 e. The molecule has 0 bridgehead atoms. The van der Waals surface area contributed by atoms with E-state index in [9.17, 15) is 8.42 Å². The van der Waals surface area contributed by atoms with Gasteiger partial charge in [-0.05, 0) is 23.5 Å². The average Bonchev–Trinajstić information content (AvgIpc) is 2.38. The molecule has 0 aromatic heterocycles. The topological polar surface area (TPSA) is 82.1 Å². The van der Waals surface area contributed by atoms with Crippen LogP contribution in [-0.4, -0.2) is 18.8 Å². The third-order valence-electron chi connectivity index (χ3n) is 2.61. The molecular weight excluding hydrogens is 304 g/mol. The summed E-state index contributed by atoms with van der Waals surface area (Å²) >= 11 is 0.422. The minimum atomic E-state index is -3.85. The monoisotopic (exact) mass is 322 g/mol. The predicted molar refractivity (Wildman–Crippen MR) is 76.7 cm³/mol. The van der Waals surface area contributed by atoms with Crippen molar-refractivity contribution in [2.24, 2.45) is 0 Å². The summed E-state index contributed by atoms with van der Waals surface area (Å²) in [5.74, 6) is 0.506. The lowest BCUT2D eigenvalue weighted by Gasteiger charge is -2.16. The number of hydrogen-bond acceptors (Lipinski definition) is 7. The van der Waals surface area contributed by atoms with Crippen LogP contribution < -0.4 is 4.18 Å². The highest BCUT2D eigenvalue weighted by Crippen LogP contribution is 2.32. The fourth-order valence-corrected chi connectivity index (χ4v) is 3.01. The molecule has 1 aromatic rings. The van der Waals surface area contributed by atoms with E-state index in [0.29, 0.717) is 24.2 Å². The van der Waals surface area contributed by atoms with Crippen LogP contribution in [0.15, 0.2) is 18.2 Å². The fraction of sp³-hybridized carbons (Fsp3) is 0.500. The van der Waals surface area contributed by atoms with E-state index < -0.39 is 15.2 Å². The number of aryl methyl sites for hydroxylation is 1. The smallest absolute Gasteiger partial charge is 0.321 e. The first-order chi connectivity index (χ1) is 9.41. The molecule has 0 saturated heterocycles. The van der Waals surface area contributed by atoms with Crippen molar-refractivity contribution in [1.82, 2.24) is 0 Å². The van der Waals surface area contributed by atoms with Gasteiger partial charge in [0.2, 0.25) is 0 Å². The van der Waals surface area contributed by atoms with E-state index >= 15 is 0 Å². The molecule has 8 heteroatoms. The van der Waals surface area contributed by atoms with Gasteiger partial charge in [0.25, 0.3) is 0 Å². The summed E-state index contributed by atoms with van der Waals surface area (Å²) in [5, 5.41) is 10.8. The minimum Gasteiger partial charge on any atom is -0.381 e. The van der Waals surface area contributed by atoms with Gasteiger partial charge >= 0.3 is 10.1 Å². The average molecular weight is 322 g/mol. The van der Waals surface area contributed by atoms with Crippen LogP contribution >= 0.6 is 12.0 Å². The van der Waals surface area contributed by atoms with E-state index in [-0.39, 0.29) is 5.92 Å². The second-order valence-corrected chi connectivity index (χ2v) is 6.96. The van der Waals surface area contributed by atoms with Crippen LogP contribution in [0.4, 0.5) is 0 Å². The van der Waals surface area contributed by atoms with Crippen LogP contribution in [0.3, 0.4) is 0 Å². The van der Waals surface area contributed by atoms with Gasteiger partial charge in [-0.2, -0.15) is 8.42 Å². The summed E-state index contributed by atoms with van der Waals surface area (Å²) < 4.78 is 33.0. The normalized spacial score (nSPS) is 11.8. The zero-order valence-corrected chi connectivity index (χ0v) is 13.2. The summed E-state index contributed by atoms with van der Waals surface area (Å²) in [4.78, 5) is 0. The van der Waals surface area contributed by atoms with Crippen molar-refractivity contribution in [3.8, 4) is 5.75 Å². The maximum atomic E-state index is 11.9. The van der Waals surface area contributed by atoms with Gasteiger partial charge in [0.1, 0.15) is 5.75 Å². The molecule has 0 spiro atoms. The van der Waals surface area contributed by atoms with E-state index in [1.807, 2.05) is 39.0 Å². The van der Waals surface area contributed by atoms with Crippen LogP contribution in [0.25, 0.3) is 0 Å². The van der Waals surface area contributed by atoms with E-state index in [4.69, 9.17) is 9.44 Å². The zero-order chi connectivity index (χ0) is 15.2. The molecule has 6 nitrogen and oxygen atoms in total. The van der Waals surface area contributed by atoms with Gasteiger partial charge in [-0.15, -0.1) is 4.33 Å². The van der Waals surface area contributed by atoms with E-state index in [0.717, 1.165) is 11.1 Å². The molecule has 1 aromatic carbocycles. The summed E-state index contributed by atoms with van der Waals surface area (Å²) in [6, 6.07) is 5.55. The molecule has 1 rings (SSSR count). The Labute approximate surface area is 123 Å². The fourth-order valence-electron chi connectivity index (χ4n) is 1.69. The van der Waals surface area contributed by atoms with Gasteiger partial charge < -0.3 is 4.18 Å². The number of benzene rings is 1. The quantitative estimate of drug-likeness (QED) is 0.259. The summed E-state index contributed by atoms with van der Waals surface area (Å²) in [6.45, 7) is 5.85. The van der Waals surface area contributed by atoms with Crippen molar-refractivity contribution in [2.75, 3.05) is 5.08 Å². The largest absolute Gasteiger partial charge is 0.381 e. The molecular formula is C12H18O6S2. The summed E-state index contributed by atoms with van der Waals surface area (Å²) in [6.07, 6.45) is 0.662. The maximum absolute atomic E-state index is 11.9. The highest BCUT2D eigenvalue weighted by molar-refractivity contribution is 8.08. The Morgan fingerprint density at radius 2 is 2.05 bits per heavy atom. The lowest BCUT2D eigenvalue weighted by molar-refractivity contribution is -0.432. The Balaban J connectivity index is 3.00. The van der Waals surface area contributed by atoms with Crippen molar-refractivity contribution in [2.45, 2.75) is 33.1 Å². The first-order valence-corrected chi connectivity index (χ1v) is 8.53. The first-order valence-electron chi connectivity index (χ1n) is 6.05. The SMILES string of the molecule is CCc1cccc(C(C)C)c1OS(=O)(=O)CSOOO. The van der Waals surface area contributed by atoms with Crippen molar-refractivity contribution in [1.29, 1.82) is 0 Å². The molecule has 0 radical (unpaired) electrons. The Kier molecular flexibility index (Phi) is 6.77. The molecule has 1 N–H and O–H groups in total. The highest BCUT2D eigenvalue weighted by Gasteiger charge is 2.20. The van der Waals surface area contributed by atoms with Gasteiger partial charge in [-0.3, -0.25) is 0 Å². The van der Waals surface area contributed by atoms with E-state index in [1.54, 1.807) is 0 Å². The van der Waals surface area contributed by atoms with Crippen LogP contribution in [0.5, 0.6) is 5.75 Å². The molecule has 114 valence electrons. The zero-order valence-electron chi connectivity index (χ0n) is 11.5. The molecule has 0 fully saturated rings. The van der Waals surface area contributed by atoms with Gasteiger partial charge in [-0.25, -0.2) is 5.26 Å². The Bertz CT molecular complexity index is 527. The van der Waals surface area contributed by atoms with Gasteiger partial charge in [0, 0.05) is 0 Å². The third kappa shape index (κ3) is 4.95. The molecule has 0 saturated carbocycles. The van der Waals surface area contributed by atoms with Crippen LogP contribution in [0, 0.1) is 0 Å². The van der Waals surface area contributed by atoms with Crippen molar-refractivity contribution >= 4 is 22.2 Å². The molecule has 0 heterocycles. The second kappa shape index (κ2) is 7.84. The molecule has 0 aliphatic heterocycles. The predicted octanol–water partition coefficient (Wildman–Crippen LogP) is 3.11. The lowest BCUT2D eigenvalue weighted by Crippen LogP contribution is -2.14. The van der Waals surface area contributed by atoms with Gasteiger partial charge in [0.05, 0.1) is 12.0 Å². The van der Waals surface area contributed by atoms with E-state index in [1.165, 1.54) is 0 Å². The highest BCUT2D eigenvalue weighted by atomic mass is 32.3. The second-order valence-electron chi connectivity index (χ2n) is 4.36. The van der Waals surface area contributed by atoms with Crippen molar-refractivity contribution < 1.29 is 27.2 Å². The van der Waals surface area contributed by atoms with E-state index in [2.05, 4.69) is 9.37 Å². The minimum absolute atomic E-state index is 0.136. The lowest BCUT2D eigenvalue weighted by atomic mass is 9.98. The van der Waals surface area contributed by atoms with Crippen LogP contribution in [-0.2, 0) is 25.9 Å². The third-order valence-corrected chi connectivity index (χ3v) is 4.73. The summed E-state index contributed by atoms with van der Waals surface area (Å²) in [5.41, 5.74) is 1.65. The number of hydrogen-bond donors (Lipinski definition) is 1. The van der Waals surface area contributed by atoms with Gasteiger partial charge in [0.15, 0.2) is 5.08 Å². The van der Waals surface area contributed by atoms with Crippen LogP contribution in [0.2, 0.25) is 0 Å². The Morgan fingerprint density at radius 3 is 2.60 bits per heavy atom. The molecule has 0 atom stereocenters. The molecule has 0 aliphatic rings. The molecule has 0 aliphatic carbocycles. The summed E-state index contributed by atoms with van der Waals surface area (Å²) in [7, 11) is -3.85. The first kappa shape index (κ1) is 17.3. The van der Waals surface area contributed by atoms with Gasteiger partial charge in [-0.1, -0.05) is 44.0 Å². The van der Waals surface area contributed by atoms with Crippen molar-refractivity contribution in [3.05, 3.63) is 29.3 Å². The number of rotatable bonds is 8. The molecule has 20 heavy (non-hydrogen) atoms. The molecule has 0 unspecified atom stereocenters. The van der Waals surface area contributed by atoms with Crippen LogP contribution in [0.1, 0.15) is 37.8 Å².